The molecule has 0 bridgehead atoms. The molecule has 3 nitrogen and oxygen atoms in total. The van der Waals surface area contributed by atoms with Crippen molar-refractivity contribution in [1.29, 1.82) is 0 Å². The van der Waals surface area contributed by atoms with Gasteiger partial charge in [-0.2, -0.15) is 0 Å². The van der Waals surface area contributed by atoms with Crippen molar-refractivity contribution in [3.8, 4) is 5.75 Å². The number of hydrogen-bond acceptors (Lipinski definition) is 2. The van der Waals surface area contributed by atoms with E-state index in [9.17, 15) is 4.79 Å². The Morgan fingerprint density at radius 3 is 2.56 bits per heavy atom. The predicted molar refractivity (Wildman–Crippen MR) is 62.6 cm³/mol. The standard InChI is InChI=1S/C13H18O3/c1-2-6-11(13(14)15)9-10-16-12-7-4-3-5-8-12/h3-5,7-8,11H,2,6,9-10H2,1H3,(H,14,15). The maximum atomic E-state index is 10.9. The average Bonchev–Trinajstić information content (AvgIpc) is 2.29. The molecule has 1 aromatic carbocycles. The van der Waals surface area contributed by atoms with Crippen LogP contribution in [-0.2, 0) is 4.79 Å². The first-order chi connectivity index (χ1) is 7.74. The number of aliphatic carboxylic acids is 1. The molecule has 1 N–H and O–H groups in total. The van der Waals surface area contributed by atoms with Crippen LogP contribution in [0, 0.1) is 5.92 Å². The molecule has 1 aromatic rings. The van der Waals surface area contributed by atoms with Crippen LogP contribution in [0.3, 0.4) is 0 Å². The highest BCUT2D eigenvalue weighted by atomic mass is 16.5. The van der Waals surface area contributed by atoms with Crippen LogP contribution in [0.15, 0.2) is 30.3 Å². The van der Waals surface area contributed by atoms with E-state index in [4.69, 9.17) is 9.84 Å². The normalized spacial score (nSPS) is 12.1. The second-order valence-electron chi connectivity index (χ2n) is 3.77. The van der Waals surface area contributed by atoms with Crippen molar-refractivity contribution in [3.63, 3.8) is 0 Å². The Labute approximate surface area is 96.1 Å². The first-order valence-electron chi connectivity index (χ1n) is 5.64. The third-order valence-corrected chi connectivity index (χ3v) is 2.46. The summed E-state index contributed by atoms with van der Waals surface area (Å²) in [5, 5.41) is 8.95. The lowest BCUT2D eigenvalue weighted by atomic mass is 10.0. The molecule has 88 valence electrons. The van der Waals surface area contributed by atoms with Crippen molar-refractivity contribution >= 4 is 5.97 Å². The van der Waals surface area contributed by atoms with Gasteiger partial charge in [0.15, 0.2) is 0 Å². The summed E-state index contributed by atoms with van der Waals surface area (Å²) in [6.45, 7) is 2.45. The lowest BCUT2D eigenvalue weighted by Crippen LogP contribution is -2.16. The quantitative estimate of drug-likeness (QED) is 0.771. The Kier molecular flexibility index (Phi) is 5.40. The fourth-order valence-electron chi connectivity index (χ4n) is 1.58. The first-order valence-corrected chi connectivity index (χ1v) is 5.64. The van der Waals surface area contributed by atoms with Crippen molar-refractivity contribution in [1.82, 2.24) is 0 Å². The summed E-state index contributed by atoms with van der Waals surface area (Å²) < 4.78 is 5.47. The van der Waals surface area contributed by atoms with Gasteiger partial charge in [0.1, 0.15) is 5.75 Å². The largest absolute Gasteiger partial charge is 0.494 e. The van der Waals surface area contributed by atoms with E-state index in [1.165, 1.54) is 0 Å². The molecule has 0 aromatic heterocycles. The average molecular weight is 222 g/mol. The minimum Gasteiger partial charge on any atom is -0.494 e. The molecule has 0 aliphatic heterocycles. The summed E-state index contributed by atoms with van der Waals surface area (Å²) in [5.41, 5.74) is 0. The Balaban J connectivity index is 2.31. The summed E-state index contributed by atoms with van der Waals surface area (Å²) in [5.74, 6) is -0.213. The van der Waals surface area contributed by atoms with Gasteiger partial charge < -0.3 is 9.84 Å². The lowest BCUT2D eigenvalue weighted by Gasteiger charge is -2.11. The summed E-state index contributed by atoms with van der Waals surface area (Å²) in [6, 6.07) is 9.46. The molecule has 0 amide bonds. The van der Waals surface area contributed by atoms with Crippen LogP contribution < -0.4 is 4.74 Å². The topological polar surface area (TPSA) is 46.5 Å². The summed E-state index contributed by atoms with van der Waals surface area (Å²) >= 11 is 0. The molecule has 0 saturated heterocycles. The van der Waals surface area contributed by atoms with E-state index in [-0.39, 0.29) is 5.92 Å². The highest BCUT2D eigenvalue weighted by Gasteiger charge is 2.15. The number of carboxylic acids is 1. The highest BCUT2D eigenvalue weighted by Crippen LogP contribution is 2.14. The third-order valence-electron chi connectivity index (χ3n) is 2.46. The SMILES string of the molecule is CCCC(CCOc1ccccc1)C(=O)O. The predicted octanol–water partition coefficient (Wildman–Crippen LogP) is 2.96. The van der Waals surface area contributed by atoms with Crippen molar-refractivity contribution in [2.24, 2.45) is 5.92 Å². The fourth-order valence-corrected chi connectivity index (χ4v) is 1.58. The van der Waals surface area contributed by atoms with Gasteiger partial charge in [-0.15, -0.1) is 0 Å². The van der Waals surface area contributed by atoms with Gasteiger partial charge >= 0.3 is 5.97 Å². The smallest absolute Gasteiger partial charge is 0.306 e. The monoisotopic (exact) mass is 222 g/mol. The summed E-state index contributed by atoms with van der Waals surface area (Å²) in [4.78, 5) is 10.9. The van der Waals surface area contributed by atoms with Crippen LogP contribution in [-0.4, -0.2) is 17.7 Å². The van der Waals surface area contributed by atoms with E-state index in [2.05, 4.69) is 0 Å². The zero-order valence-corrected chi connectivity index (χ0v) is 9.56. The number of rotatable bonds is 7. The van der Waals surface area contributed by atoms with Gasteiger partial charge in [0, 0.05) is 0 Å². The number of para-hydroxylation sites is 1. The lowest BCUT2D eigenvalue weighted by molar-refractivity contribution is -0.142. The van der Waals surface area contributed by atoms with E-state index >= 15 is 0 Å². The van der Waals surface area contributed by atoms with E-state index < -0.39 is 5.97 Å². The third kappa shape index (κ3) is 4.34. The van der Waals surface area contributed by atoms with Gasteiger partial charge in [0.2, 0.25) is 0 Å². The fraction of sp³-hybridized carbons (Fsp3) is 0.462. The molecular formula is C13H18O3. The van der Waals surface area contributed by atoms with Crippen molar-refractivity contribution in [2.75, 3.05) is 6.61 Å². The molecule has 1 unspecified atom stereocenters. The Hall–Kier alpha value is -1.51. The molecule has 3 heteroatoms. The van der Waals surface area contributed by atoms with Crippen molar-refractivity contribution < 1.29 is 14.6 Å². The zero-order chi connectivity index (χ0) is 11.8. The molecule has 0 fully saturated rings. The van der Waals surface area contributed by atoms with E-state index in [0.717, 1.165) is 12.2 Å². The minimum atomic E-state index is -0.724. The van der Waals surface area contributed by atoms with Crippen LogP contribution in [0.4, 0.5) is 0 Å². The van der Waals surface area contributed by atoms with Crippen LogP contribution in [0.2, 0.25) is 0 Å². The van der Waals surface area contributed by atoms with Gasteiger partial charge in [-0.3, -0.25) is 4.79 Å². The Morgan fingerprint density at radius 2 is 2.00 bits per heavy atom. The number of hydrogen-bond donors (Lipinski definition) is 1. The second-order valence-corrected chi connectivity index (χ2v) is 3.77. The van der Waals surface area contributed by atoms with Crippen molar-refractivity contribution in [2.45, 2.75) is 26.2 Å². The molecule has 0 radical (unpaired) electrons. The van der Waals surface area contributed by atoms with Crippen LogP contribution in [0.1, 0.15) is 26.2 Å². The molecule has 0 saturated carbocycles. The molecule has 0 aliphatic rings. The molecule has 1 atom stereocenters. The maximum absolute atomic E-state index is 10.9. The van der Waals surface area contributed by atoms with Crippen molar-refractivity contribution in [3.05, 3.63) is 30.3 Å². The molecule has 0 aliphatic carbocycles. The van der Waals surface area contributed by atoms with Crippen LogP contribution in [0.25, 0.3) is 0 Å². The first kappa shape index (κ1) is 12.6. The molecule has 0 spiro atoms. The number of carboxylic acid groups (broad SMARTS) is 1. The number of carbonyl (C=O) groups is 1. The molecule has 0 heterocycles. The summed E-state index contributed by atoms with van der Waals surface area (Å²) in [6.07, 6.45) is 2.17. The van der Waals surface area contributed by atoms with E-state index in [0.29, 0.717) is 19.4 Å². The number of benzene rings is 1. The molecule has 16 heavy (non-hydrogen) atoms. The van der Waals surface area contributed by atoms with Gasteiger partial charge in [-0.25, -0.2) is 0 Å². The van der Waals surface area contributed by atoms with Gasteiger partial charge in [-0.1, -0.05) is 31.5 Å². The highest BCUT2D eigenvalue weighted by molar-refractivity contribution is 5.69. The maximum Gasteiger partial charge on any atom is 0.306 e. The Morgan fingerprint density at radius 1 is 1.31 bits per heavy atom. The second kappa shape index (κ2) is 6.88. The van der Waals surface area contributed by atoms with E-state index in [1.807, 2.05) is 37.3 Å². The van der Waals surface area contributed by atoms with E-state index in [1.54, 1.807) is 0 Å². The van der Waals surface area contributed by atoms with Gasteiger partial charge in [0.25, 0.3) is 0 Å². The number of ether oxygens (including phenoxy) is 1. The van der Waals surface area contributed by atoms with Crippen LogP contribution >= 0.6 is 0 Å². The van der Waals surface area contributed by atoms with Gasteiger partial charge in [-0.05, 0) is 25.0 Å². The molecular weight excluding hydrogens is 204 g/mol. The summed E-state index contributed by atoms with van der Waals surface area (Å²) in [7, 11) is 0. The molecule has 1 rings (SSSR count). The van der Waals surface area contributed by atoms with Gasteiger partial charge in [0.05, 0.1) is 12.5 Å². The zero-order valence-electron chi connectivity index (χ0n) is 9.56. The minimum absolute atomic E-state index is 0.284. The van der Waals surface area contributed by atoms with Crippen LogP contribution in [0.5, 0.6) is 5.75 Å². The Bertz CT molecular complexity index is 308.